The maximum absolute atomic E-state index is 2.52. The first-order valence-electron chi connectivity index (χ1n) is 12.3. The van der Waals surface area contributed by atoms with Crippen LogP contribution in [0.2, 0.25) is 0 Å². The van der Waals surface area contributed by atoms with Gasteiger partial charge in [-0.2, -0.15) is 0 Å². The van der Waals surface area contributed by atoms with Gasteiger partial charge in [-0.15, -0.1) is 0 Å². The van der Waals surface area contributed by atoms with Crippen LogP contribution in [0.3, 0.4) is 0 Å². The van der Waals surface area contributed by atoms with Crippen LogP contribution in [0.15, 0.2) is 122 Å². The van der Waals surface area contributed by atoms with Gasteiger partial charge < -0.3 is 4.57 Å². The lowest BCUT2D eigenvalue weighted by Crippen LogP contribution is -2.18. The van der Waals surface area contributed by atoms with Crippen LogP contribution in [0.1, 0.15) is 12.0 Å². The molecule has 0 fully saturated rings. The summed E-state index contributed by atoms with van der Waals surface area (Å²) in [7, 11) is 0. The average molecular weight is 453 g/mol. The number of benzene rings is 4. The summed E-state index contributed by atoms with van der Waals surface area (Å²) in [6.45, 7) is 0.986. The largest absolute Gasteiger partial charge is 0.337 e. The van der Waals surface area contributed by atoms with Crippen molar-refractivity contribution in [2.24, 2.45) is 0 Å². The van der Waals surface area contributed by atoms with Crippen LogP contribution in [-0.4, -0.2) is 9.13 Å². The SMILES string of the molecule is c1ccc(CCCn2c3ccccc3c3cc[n+]4cn(-c5ccc6ccccc6c5)cc4c32)cc1. The van der Waals surface area contributed by atoms with E-state index in [1.54, 1.807) is 0 Å². The number of hydrogen-bond acceptors (Lipinski definition) is 0. The molecule has 0 aliphatic carbocycles. The molecule has 0 spiro atoms. The van der Waals surface area contributed by atoms with Gasteiger partial charge in [0, 0.05) is 22.8 Å². The zero-order valence-corrected chi connectivity index (χ0v) is 19.5. The Balaban J connectivity index is 1.37. The van der Waals surface area contributed by atoms with Crippen LogP contribution in [0.4, 0.5) is 0 Å². The van der Waals surface area contributed by atoms with Crippen molar-refractivity contribution in [2.75, 3.05) is 0 Å². The molecule has 7 aromatic rings. The molecular weight excluding hydrogens is 426 g/mol. The second kappa shape index (κ2) is 8.14. The van der Waals surface area contributed by atoms with Crippen molar-refractivity contribution in [3.05, 3.63) is 127 Å². The standard InChI is InChI=1S/C32H26N3/c1-2-9-24(10-3-1)11-8-19-35-30-15-7-6-14-28(30)29-18-20-33-23-34(22-31(33)32(29)35)27-17-16-25-12-4-5-13-26(25)21-27/h1-7,9-10,12-18,20-23H,8,11,19H2/q+1. The third kappa shape index (κ3) is 3.39. The van der Waals surface area contributed by atoms with Crippen LogP contribution < -0.4 is 4.40 Å². The molecule has 0 saturated heterocycles. The predicted molar refractivity (Wildman–Crippen MR) is 144 cm³/mol. The average Bonchev–Trinajstić information content (AvgIpc) is 3.49. The Kier molecular flexibility index (Phi) is 4.66. The second-order valence-electron chi connectivity index (χ2n) is 9.31. The number of pyridine rings is 1. The van der Waals surface area contributed by atoms with Gasteiger partial charge in [0.25, 0.3) is 6.33 Å². The Morgan fingerprint density at radius 2 is 1.49 bits per heavy atom. The summed E-state index contributed by atoms with van der Waals surface area (Å²) in [5, 5.41) is 5.16. The van der Waals surface area contributed by atoms with E-state index < -0.39 is 0 Å². The first-order chi connectivity index (χ1) is 17.3. The number of aryl methyl sites for hydroxylation is 2. The molecule has 0 aliphatic rings. The third-order valence-corrected chi connectivity index (χ3v) is 7.16. The van der Waals surface area contributed by atoms with Gasteiger partial charge in [-0.25, -0.2) is 8.97 Å². The van der Waals surface area contributed by atoms with E-state index in [-0.39, 0.29) is 0 Å². The molecule has 0 N–H and O–H groups in total. The summed E-state index contributed by atoms with van der Waals surface area (Å²) in [4.78, 5) is 0. The minimum Gasteiger partial charge on any atom is -0.337 e. The lowest BCUT2D eigenvalue weighted by molar-refractivity contribution is -0.510. The van der Waals surface area contributed by atoms with E-state index in [1.165, 1.54) is 49.3 Å². The van der Waals surface area contributed by atoms with Gasteiger partial charge in [0.1, 0.15) is 17.4 Å². The molecular formula is C32H26N3+. The Hall–Kier alpha value is -4.37. The molecule has 0 unspecified atom stereocenters. The summed E-state index contributed by atoms with van der Waals surface area (Å²) in [6, 6.07) is 37.1. The van der Waals surface area contributed by atoms with E-state index in [0.29, 0.717) is 0 Å². The smallest absolute Gasteiger partial charge is 0.254 e. The Morgan fingerprint density at radius 3 is 2.40 bits per heavy atom. The summed E-state index contributed by atoms with van der Waals surface area (Å²) in [5.41, 5.74) is 6.41. The highest BCUT2D eigenvalue weighted by atomic mass is 15.1. The molecule has 0 saturated carbocycles. The van der Waals surface area contributed by atoms with Gasteiger partial charge in [0.05, 0.1) is 6.20 Å². The highest BCUT2D eigenvalue weighted by Crippen LogP contribution is 2.31. The minimum atomic E-state index is 0.986. The monoisotopic (exact) mass is 452 g/mol. The lowest BCUT2D eigenvalue weighted by Gasteiger charge is -2.07. The highest BCUT2D eigenvalue weighted by molar-refractivity contribution is 6.11. The van der Waals surface area contributed by atoms with E-state index in [9.17, 15) is 0 Å². The lowest BCUT2D eigenvalue weighted by atomic mass is 10.1. The predicted octanol–water partition coefficient (Wildman–Crippen LogP) is 7.11. The van der Waals surface area contributed by atoms with Gasteiger partial charge in [-0.05, 0) is 53.4 Å². The fourth-order valence-corrected chi connectivity index (χ4v) is 5.46. The summed E-state index contributed by atoms with van der Waals surface area (Å²) in [5.74, 6) is 0. The Labute approximate surface area is 204 Å². The zero-order chi connectivity index (χ0) is 23.2. The molecule has 0 aliphatic heterocycles. The van der Waals surface area contributed by atoms with Crippen molar-refractivity contribution >= 4 is 38.1 Å². The first kappa shape index (κ1) is 20.0. The van der Waals surface area contributed by atoms with Crippen LogP contribution in [0.5, 0.6) is 0 Å². The van der Waals surface area contributed by atoms with Gasteiger partial charge >= 0.3 is 0 Å². The van der Waals surface area contributed by atoms with Crippen LogP contribution >= 0.6 is 0 Å². The number of imidazole rings is 1. The molecule has 3 aromatic heterocycles. The number of rotatable bonds is 5. The van der Waals surface area contributed by atoms with E-state index in [2.05, 4.69) is 135 Å². The Morgan fingerprint density at radius 1 is 0.686 bits per heavy atom. The van der Waals surface area contributed by atoms with Crippen molar-refractivity contribution in [1.29, 1.82) is 0 Å². The number of hydrogen-bond donors (Lipinski definition) is 0. The summed E-state index contributed by atoms with van der Waals surface area (Å²) < 4.78 is 7.02. The number of fused-ring (bicyclic) bond motifs is 6. The van der Waals surface area contributed by atoms with Crippen molar-refractivity contribution < 1.29 is 4.40 Å². The molecule has 3 heteroatoms. The van der Waals surface area contributed by atoms with E-state index in [4.69, 9.17) is 0 Å². The topological polar surface area (TPSA) is 14.0 Å². The molecule has 35 heavy (non-hydrogen) atoms. The van der Waals surface area contributed by atoms with Gasteiger partial charge in [0.2, 0.25) is 0 Å². The van der Waals surface area contributed by atoms with Crippen LogP contribution in [0, 0.1) is 0 Å². The summed E-state index contributed by atoms with van der Waals surface area (Å²) in [6.07, 6.45) is 8.83. The quantitative estimate of drug-likeness (QED) is 0.247. The maximum atomic E-state index is 2.52. The van der Waals surface area contributed by atoms with Gasteiger partial charge in [-0.3, -0.25) is 0 Å². The molecule has 0 amide bonds. The van der Waals surface area contributed by atoms with Crippen molar-refractivity contribution in [2.45, 2.75) is 19.4 Å². The summed E-state index contributed by atoms with van der Waals surface area (Å²) >= 11 is 0. The molecule has 0 radical (unpaired) electrons. The maximum Gasteiger partial charge on any atom is 0.254 e. The van der Waals surface area contributed by atoms with Crippen LogP contribution in [-0.2, 0) is 13.0 Å². The number of nitrogens with zero attached hydrogens (tertiary/aromatic N) is 3. The number of aromatic nitrogens is 3. The van der Waals surface area contributed by atoms with Gasteiger partial charge in [-0.1, -0.05) is 78.9 Å². The molecule has 3 nitrogen and oxygen atoms in total. The minimum absolute atomic E-state index is 0.986. The van der Waals surface area contributed by atoms with Crippen molar-refractivity contribution in [3.8, 4) is 5.69 Å². The third-order valence-electron chi connectivity index (χ3n) is 7.16. The molecule has 168 valence electrons. The number of para-hydroxylation sites is 1. The van der Waals surface area contributed by atoms with Gasteiger partial charge in [0.15, 0.2) is 5.52 Å². The molecule has 0 bridgehead atoms. The highest BCUT2D eigenvalue weighted by Gasteiger charge is 2.19. The fraction of sp³-hybridized carbons (Fsp3) is 0.0938. The molecule has 0 atom stereocenters. The zero-order valence-electron chi connectivity index (χ0n) is 19.5. The van der Waals surface area contributed by atoms with Crippen molar-refractivity contribution in [3.63, 3.8) is 0 Å². The van der Waals surface area contributed by atoms with E-state index in [1.807, 2.05) is 0 Å². The fourth-order valence-electron chi connectivity index (χ4n) is 5.46. The van der Waals surface area contributed by atoms with Crippen LogP contribution in [0.25, 0.3) is 43.8 Å². The van der Waals surface area contributed by atoms with E-state index in [0.717, 1.165) is 19.4 Å². The normalized spacial score (nSPS) is 11.8. The molecule has 7 rings (SSSR count). The molecule has 3 heterocycles. The first-order valence-corrected chi connectivity index (χ1v) is 12.3. The Bertz CT molecular complexity index is 1820. The second-order valence-corrected chi connectivity index (χ2v) is 9.31. The molecule has 4 aromatic carbocycles. The van der Waals surface area contributed by atoms with E-state index >= 15 is 0 Å². The van der Waals surface area contributed by atoms with Crippen molar-refractivity contribution in [1.82, 2.24) is 9.13 Å².